The first-order chi connectivity index (χ1) is 20.0. The van der Waals surface area contributed by atoms with Gasteiger partial charge in [0.2, 0.25) is 0 Å². The lowest BCUT2D eigenvalue weighted by Crippen LogP contribution is -2.44. The average molecular weight is 543 g/mol. The first kappa shape index (κ1) is 25.0. The molecule has 2 heterocycles. The Morgan fingerprint density at radius 1 is 0.780 bits per heavy atom. The van der Waals surface area contributed by atoms with Crippen LogP contribution >= 0.6 is 0 Å². The average Bonchev–Trinajstić information content (AvgIpc) is 3.46. The van der Waals surface area contributed by atoms with Crippen LogP contribution in [0, 0.1) is 5.41 Å². The molecule has 1 fully saturated rings. The van der Waals surface area contributed by atoms with Crippen molar-refractivity contribution < 1.29 is 23.9 Å². The maximum absolute atomic E-state index is 14.9. The number of carbonyl (C=O) groups is 3. The number of hydrogen-bond acceptors (Lipinski definition) is 7. The fraction of sp³-hybridized carbons (Fsp3) is 0.176. The van der Waals surface area contributed by atoms with E-state index in [1.165, 1.54) is 7.11 Å². The highest BCUT2D eigenvalue weighted by Gasteiger charge is 2.73. The third-order valence-electron chi connectivity index (χ3n) is 8.67. The second-order valence-electron chi connectivity index (χ2n) is 10.5. The van der Waals surface area contributed by atoms with E-state index in [0.717, 1.165) is 11.1 Å². The molecular weight excluding hydrogens is 516 g/mol. The zero-order valence-electron chi connectivity index (χ0n) is 22.5. The van der Waals surface area contributed by atoms with Gasteiger partial charge >= 0.3 is 0 Å². The lowest BCUT2D eigenvalue weighted by molar-refractivity contribution is 0.0585. The van der Waals surface area contributed by atoms with Crippen molar-refractivity contribution in [1.82, 2.24) is 5.01 Å². The number of hydrogen-bond donors (Lipinski definition) is 0. The second-order valence-corrected chi connectivity index (χ2v) is 10.5. The summed E-state index contributed by atoms with van der Waals surface area (Å²) in [4.78, 5) is 44.3. The molecule has 2 aliphatic heterocycles. The molecule has 3 atom stereocenters. The second kappa shape index (κ2) is 9.27. The molecule has 4 aromatic rings. The fourth-order valence-electron chi connectivity index (χ4n) is 6.97. The number of ketones is 3. The molecule has 41 heavy (non-hydrogen) atoms. The van der Waals surface area contributed by atoms with E-state index in [0.29, 0.717) is 33.8 Å². The molecule has 1 saturated heterocycles. The zero-order valence-corrected chi connectivity index (χ0v) is 22.5. The van der Waals surface area contributed by atoms with Gasteiger partial charge < -0.3 is 9.47 Å². The summed E-state index contributed by atoms with van der Waals surface area (Å²) < 4.78 is 11.4. The number of methoxy groups -OCH3 is 2. The smallest absolute Gasteiger partial charge is 0.187 e. The number of rotatable bonds is 5. The molecule has 4 aromatic carbocycles. The van der Waals surface area contributed by atoms with Gasteiger partial charge in [-0.15, -0.1) is 0 Å². The van der Waals surface area contributed by atoms with Crippen LogP contribution in [0.25, 0.3) is 0 Å². The summed E-state index contributed by atoms with van der Waals surface area (Å²) in [5.41, 5.74) is 1.59. The van der Waals surface area contributed by atoms with Crippen LogP contribution in [-0.2, 0) is 0 Å². The Bertz CT molecular complexity index is 1730. The van der Waals surface area contributed by atoms with E-state index < -0.39 is 23.4 Å². The van der Waals surface area contributed by atoms with E-state index in [9.17, 15) is 14.4 Å². The molecule has 7 heteroatoms. The third kappa shape index (κ3) is 3.32. The van der Waals surface area contributed by atoms with E-state index in [-0.39, 0.29) is 17.3 Å². The van der Waals surface area contributed by atoms with Gasteiger partial charge in [-0.05, 0) is 29.3 Å². The van der Waals surface area contributed by atoms with Crippen molar-refractivity contribution in [3.8, 4) is 11.5 Å². The van der Waals surface area contributed by atoms with Crippen molar-refractivity contribution >= 4 is 23.6 Å². The molecular formula is C34H26N2O5. The lowest BCUT2D eigenvalue weighted by Gasteiger charge is -2.36. The minimum absolute atomic E-state index is 0.240. The van der Waals surface area contributed by atoms with Crippen LogP contribution in [0.3, 0.4) is 0 Å². The highest BCUT2D eigenvalue weighted by molar-refractivity contribution is 6.31. The summed E-state index contributed by atoms with van der Waals surface area (Å²) in [6.07, 6.45) is 1.70. The Balaban J connectivity index is 1.59. The SMILES string of the molecule is COc1ccc(OC)c([C@@H]2[C@@H](C(=O)c3ccccc3)N3N=Cc4ccccc4C3C23C(=O)c2ccccc2C3=O)c1. The van der Waals surface area contributed by atoms with Gasteiger partial charge in [-0.2, -0.15) is 5.10 Å². The summed E-state index contributed by atoms with van der Waals surface area (Å²) in [7, 11) is 3.09. The molecule has 0 bridgehead atoms. The fourth-order valence-corrected chi connectivity index (χ4v) is 6.97. The number of nitrogens with zero attached hydrogens (tertiary/aromatic N) is 2. The van der Waals surface area contributed by atoms with Gasteiger partial charge in [0.15, 0.2) is 17.3 Å². The molecule has 202 valence electrons. The van der Waals surface area contributed by atoms with E-state index in [1.54, 1.807) is 85.1 Å². The molecule has 0 aromatic heterocycles. The molecule has 0 radical (unpaired) electrons. The van der Waals surface area contributed by atoms with E-state index in [2.05, 4.69) is 0 Å². The standard InChI is InChI=1S/C34H26N2O5/c1-40-22-16-17-27(41-2)26(18-22)28-29(30(37)20-10-4-3-5-11-20)36-31(23-13-7-6-12-21(23)19-35-36)34(28)32(38)24-14-8-9-15-25(24)33(34)39/h3-19,28-29,31H,1-2H3/t28-,29+,31?/m1/s1. The summed E-state index contributed by atoms with van der Waals surface area (Å²) in [5, 5.41) is 6.48. The third-order valence-corrected chi connectivity index (χ3v) is 8.67. The van der Waals surface area contributed by atoms with Crippen molar-refractivity contribution in [3.05, 3.63) is 130 Å². The molecule has 1 unspecified atom stereocenters. The Labute approximate surface area is 237 Å². The van der Waals surface area contributed by atoms with Gasteiger partial charge in [0, 0.05) is 28.2 Å². The summed E-state index contributed by atoms with van der Waals surface area (Å²) in [6, 6.07) is 26.9. The van der Waals surface area contributed by atoms with Crippen LogP contribution < -0.4 is 9.47 Å². The van der Waals surface area contributed by atoms with Crippen LogP contribution in [0.2, 0.25) is 0 Å². The minimum Gasteiger partial charge on any atom is -0.497 e. The van der Waals surface area contributed by atoms with E-state index >= 15 is 0 Å². The zero-order chi connectivity index (χ0) is 28.3. The molecule has 1 spiro atoms. The van der Waals surface area contributed by atoms with Crippen LogP contribution in [-0.4, -0.2) is 48.8 Å². The monoisotopic (exact) mass is 542 g/mol. The molecule has 7 nitrogen and oxygen atoms in total. The van der Waals surface area contributed by atoms with E-state index in [4.69, 9.17) is 14.6 Å². The highest BCUT2D eigenvalue weighted by atomic mass is 16.5. The molecule has 0 saturated carbocycles. The number of hydrazone groups is 1. The first-order valence-electron chi connectivity index (χ1n) is 13.4. The van der Waals surface area contributed by atoms with Gasteiger partial charge in [0.25, 0.3) is 0 Å². The topological polar surface area (TPSA) is 85.3 Å². The normalized spacial score (nSPS) is 21.4. The van der Waals surface area contributed by atoms with Crippen molar-refractivity contribution in [3.63, 3.8) is 0 Å². The molecule has 1 aliphatic carbocycles. The van der Waals surface area contributed by atoms with Crippen molar-refractivity contribution in [2.24, 2.45) is 10.5 Å². The molecule has 7 rings (SSSR count). The Hall–Kier alpha value is -5.04. The molecule has 3 aliphatic rings. The maximum Gasteiger partial charge on any atom is 0.187 e. The van der Waals surface area contributed by atoms with Crippen molar-refractivity contribution in [2.45, 2.75) is 18.0 Å². The van der Waals surface area contributed by atoms with Crippen molar-refractivity contribution in [2.75, 3.05) is 14.2 Å². The van der Waals surface area contributed by atoms with Gasteiger partial charge in [-0.25, -0.2) is 0 Å². The summed E-state index contributed by atoms with van der Waals surface area (Å²) >= 11 is 0. The Morgan fingerprint density at radius 2 is 1.44 bits per heavy atom. The Morgan fingerprint density at radius 3 is 2.12 bits per heavy atom. The number of Topliss-reactive ketones (excluding diaryl/α,β-unsaturated/α-hetero) is 3. The largest absolute Gasteiger partial charge is 0.497 e. The number of benzene rings is 4. The van der Waals surface area contributed by atoms with Gasteiger partial charge in [-0.1, -0.05) is 78.9 Å². The molecule has 0 N–H and O–H groups in total. The van der Waals surface area contributed by atoms with Gasteiger partial charge in [0.05, 0.1) is 26.5 Å². The summed E-state index contributed by atoms with van der Waals surface area (Å²) in [6.45, 7) is 0. The van der Waals surface area contributed by atoms with Crippen molar-refractivity contribution in [1.29, 1.82) is 0 Å². The highest BCUT2D eigenvalue weighted by Crippen LogP contribution is 2.65. The lowest BCUT2D eigenvalue weighted by atomic mass is 9.62. The van der Waals surface area contributed by atoms with Crippen LogP contribution in [0.5, 0.6) is 11.5 Å². The van der Waals surface area contributed by atoms with Crippen LogP contribution in [0.1, 0.15) is 59.7 Å². The van der Waals surface area contributed by atoms with Gasteiger partial charge in [-0.3, -0.25) is 19.4 Å². The predicted molar refractivity (Wildman–Crippen MR) is 153 cm³/mol. The number of carbonyl (C=O) groups excluding carboxylic acids is 3. The maximum atomic E-state index is 14.9. The number of fused-ring (bicyclic) bond motifs is 5. The quantitative estimate of drug-likeness (QED) is 0.244. The molecule has 0 amide bonds. The Kier molecular flexibility index (Phi) is 5.64. The summed E-state index contributed by atoms with van der Waals surface area (Å²) in [5.74, 6) is -0.853. The van der Waals surface area contributed by atoms with Crippen LogP contribution in [0.4, 0.5) is 0 Å². The van der Waals surface area contributed by atoms with E-state index in [1.807, 2.05) is 30.3 Å². The first-order valence-corrected chi connectivity index (χ1v) is 13.4. The minimum atomic E-state index is -1.69. The van der Waals surface area contributed by atoms with Gasteiger partial charge in [0.1, 0.15) is 23.0 Å². The van der Waals surface area contributed by atoms with Crippen LogP contribution in [0.15, 0.2) is 102 Å². The number of ether oxygens (including phenoxy) is 2. The predicted octanol–water partition coefficient (Wildman–Crippen LogP) is 5.51.